The van der Waals surface area contributed by atoms with E-state index in [1.807, 2.05) is 42.5 Å². The van der Waals surface area contributed by atoms with Gasteiger partial charge in [0, 0.05) is 35.7 Å². The lowest BCUT2D eigenvalue weighted by Gasteiger charge is -2.16. The number of nitrogens with zero attached hydrogens (tertiary/aromatic N) is 2. The standard InChI is InChI=1S/C22H21N3O2/c26-19-12-13-25-20-17(19)6-3-7-18(20)24-21(25)14-8-10-15(11-9-14)22(27)23-16-4-1-2-5-16/h3,6-11,16H,1-2,4-5,12-13H2,(H,23,27). The molecule has 1 saturated carbocycles. The lowest BCUT2D eigenvalue weighted by Crippen LogP contribution is -2.32. The van der Waals surface area contributed by atoms with Crippen molar-refractivity contribution in [3.05, 3.63) is 53.6 Å². The number of benzene rings is 2. The molecule has 1 amide bonds. The number of rotatable bonds is 3. The van der Waals surface area contributed by atoms with E-state index in [4.69, 9.17) is 4.98 Å². The molecular weight excluding hydrogens is 338 g/mol. The van der Waals surface area contributed by atoms with E-state index >= 15 is 0 Å². The lowest BCUT2D eigenvalue weighted by atomic mass is 10.0. The van der Waals surface area contributed by atoms with Crippen molar-refractivity contribution in [1.29, 1.82) is 0 Å². The van der Waals surface area contributed by atoms with Gasteiger partial charge < -0.3 is 9.88 Å². The molecule has 2 aromatic carbocycles. The molecule has 1 aromatic heterocycles. The van der Waals surface area contributed by atoms with Crippen molar-refractivity contribution in [2.45, 2.75) is 44.7 Å². The highest BCUT2D eigenvalue weighted by molar-refractivity contribution is 6.08. The molecule has 0 atom stereocenters. The fourth-order valence-electron chi connectivity index (χ4n) is 4.31. The third kappa shape index (κ3) is 2.74. The highest BCUT2D eigenvalue weighted by atomic mass is 16.1. The Balaban J connectivity index is 1.47. The van der Waals surface area contributed by atoms with E-state index in [9.17, 15) is 9.59 Å². The summed E-state index contributed by atoms with van der Waals surface area (Å²) in [4.78, 5) is 29.4. The number of imidazole rings is 1. The van der Waals surface area contributed by atoms with Crippen LogP contribution in [0.4, 0.5) is 0 Å². The van der Waals surface area contributed by atoms with Crippen LogP contribution in [0.25, 0.3) is 22.4 Å². The normalized spacial score (nSPS) is 16.8. The third-order valence-electron chi connectivity index (χ3n) is 5.73. The Morgan fingerprint density at radius 3 is 2.63 bits per heavy atom. The van der Waals surface area contributed by atoms with Crippen molar-refractivity contribution in [1.82, 2.24) is 14.9 Å². The second kappa shape index (κ2) is 6.34. The Kier molecular flexibility index (Phi) is 3.81. The molecule has 5 heteroatoms. The SMILES string of the molecule is O=C(NC1CCCC1)c1ccc(-c2nc3cccc4c3n2CCC4=O)cc1. The molecule has 2 heterocycles. The number of carbonyl (C=O) groups is 2. The lowest BCUT2D eigenvalue weighted by molar-refractivity contribution is 0.0936. The van der Waals surface area contributed by atoms with Crippen LogP contribution in [-0.4, -0.2) is 27.3 Å². The first kappa shape index (κ1) is 16.2. The first-order valence-corrected chi connectivity index (χ1v) is 9.64. The number of nitrogens with one attached hydrogen (secondary N) is 1. The molecule has 5 rings (SSSR count). The van der Waals surface area contributed by atoms with Crippen LogP contribution in [0.15, 0.2) is 42.5 Å². The summed E-state index contributed by atoms with van der Waals surface area (Å²) in [7, 11) is 0. The van der Waals surface area contributed by atoms with Crippen LogP contribution in [0.5, 0.6) is 0 Å². The maximum absolute atomic E-state index is 12.4. The summed E-state index contributed by atoms with van der Waals surface area (Å²) >= 11 is 0. The van der Waals surface area contributed by atoms with Gasteiger partial charge >= 0.3 is 0 Å². The van der Waals surface area contributed by atoms with Crippen LogP contribution in [-0.2, 0) is 6.54 Å². The number of hydrogen-bond acceptors (Lipinski definition) is 3. The number of aromatic nitrogens is 2. The molecular formula is C22H21N3O2. The van der Waals surface area contributed by atoms with Crippen molar-refractivity contribution < 1.29 is 9.59 Å². The fraction of sp³-hybridized carbons (Fsp3) is 0.318. The van der Waals surface area contributed by atoms with E-state index in [0.717, 1.165) is 40.8 Å². The Morgan fingerprint density at radius 2 is 1.85 bits per heavy atom. The molecule has 3 aromatic rings. The quantitative estimate of drug-likeness (QED) is 0.770. The van der Waals surface area contributed by atoms with Gasteiger partial charge in [-0.2, -0.15) is 0 Å². The van der Waals surface area contributed by atoms with Gasteiger partial charge in [-0.05, 0) is 37.1 Å². The molecule has 27 heavy (non-hydrogen) atoms. The Bertz CT molecular complexity index is 1040. The second-order valence-electron chi connectivity index (χ2n) is 7.47. The first-order chi connectivity index (χ1) is 13.2. The first-order valence-electron chi connectivity index (χ1n) is 9.64. The van der Waals surface area contributed by atoms with Crippen molar-refractivity contribution in [2.24, 2.45) is 0 Å². The van der Waals surface area contributed by atoms with Gasteiger partial charge in [-0.1, -0.05) is 31.0 Å². The molecule has 0 unspecified atom stereocenters. The predicted octanol–water partition coefficient (Wildman–Crippen LogP) is 3.96. The summed E-state index contributed by atoms with van der Waals surface area (Å²) in [6.45, 7) is 0.644. The van der Waals surface area contributed by atoms with E-state index in [1.165, 1.54) is 12.8 Å². The average Bonchev–Trinajstić information content (AvgIpc) is 3.33. The van der Waals surface area contributed by atoms with Crippen LogP contribution < -0.4 is 5.32 Å². The maximum Gasteiger partial charge on any atom is 0.251 e. The van der Waals surface area contributed by atoms with Gasteiger partial charge in [0.1, 0.15) is 5.82 Å². The monoisotopic (exact) mass is 359 g/mol. The summed E-state index contributed by atoms with van der Waals surface area (Å²) in [6.07, 6.45) is 5.05. The summed E-state index contributed by atoms with van der Waals surface area (Å²) in [5.41, 5.74) is 4.16. The Labute approximate surface area is 157 Å². The average molecular weight is 359 g/mol. The smallest absolute Gasteiger partial charge is 0.251 e. The van der Waals surface area contributed by atoms with Gasteiger partial charge in [-0.15, -0.1) is 0 Å². The number of para-hydroxylation sites is 1. The molecule has 1 aliphatic carbocycles. The molecule has 2 aliphatic rings. The van der Waals surface area contributed by atoms with Gasteiger partial charge in [0.15, 0.2) is 5.78 Å². The van der Waals surface area contributed by atoms with Crippen molar-refractivity contribution in [3.63, 3.8) is 0 Å². The van der Waals surface area contributed by atoms with E-state index in [-0.39, 0.29) is 11.7 Å². The van der Waals surface area contributed by atoms with Crippen LogP contribution in [0.2, 0.25) is 0 Å². The van der Waals surface area contributed by atoms with E-state index in [0.29, 0.717) is 24.6 Å². The topological polar surface area (TPSA) is 64.0 Å². The maximum atomic E-state index is 12.4. The van der Waals surface area contributed by atoms with Gasteiger partial charge in [0.25, 0.3) is 5.91 Å². The van der Waals surface area contributed by atoms with Crippen LogP contribution in [0.1, 0.15) is 52.8 Å². The van der Waals surface area contributed by atoms with Gasteiger partial charge in [0.2, 0.25) is 0 Å². The fourth-order valence-corrected chi connectivity index (χ4v) is 4.31. The summed E-state index contributed by atoms with van der Waals surface area (Å²) < 4.78 is 2.12. The zero-order valence-corrected chi connectivity index (χ0v) is 15.1. The minimum atomic E-state index is -0.00375. The van der Waals surface area contributed by atoms with Crippen molar-refractivity contribution in [3.8, 4) is 11.4 Å². The van der Waals surface area contributed by atoms with Gasteiger partial charge in [-0.3, -0.25) is 9.59 Å². The molecule has 0 bridgehead atoms. The number of carbonyl (C=O) groups excluding carboxylic acids is 2. The molecule has 1 aliphatic heterocycles. The minimum Gasteiger partial charge on any atom is -0.349 e. The van der Waals surface area contributed by atoms with Gasteiger partial charge in [-0.25, -0.2) is 4.98 Å². The van der Waals surface area contributed by atoms with E-state index < -0.39 is 0 Å². The molecule has 136 valence electrons. The highest BCUT2D eigenvalue weighted by Crippen LogP contribution is 2.31. The summed E-state index contributed by atoms with van der Waals surface area (Å²) in [5, 5.41) is 3.12. The molecule has 0 saturated heterocycles. The number of hydrogen-bond donors (Lipinski definition) is 1. The number of Topliss-reactive ketones (excluding diaryl/α,β-unsaturated/α-hetero) is 1. The molecule has 0 radical (unpaired) electrons. The number of amides is 1. The number of ketones is 1. The number of aryl methyl sites for hydroxylation is 1. The Morgan fingerprint density at radius 1 is 1.07 bits per heavy atom. The third-order valence-corrected chi connectivity index (χ3v) is 5.73. The van der Waals surface area contributed by atoms with E-state index in [1.54, 1.807) is 0 Å². The highest BCUT2D eigenvalue weighted by Gasteiger charge is 2.24. The second-order valence-corrected chi connectivity index (χ2v) is 7.47. The largest absolute Gasteiger partial charge is 0.349 e. The van der Waals surface area contributed by atoms with Gasteiger partial charge in [0.05, 0.1) is 11.0 Å². The van der Waals surface area contributed by atoms with Crippen LogP contribution in [0, 0.1) is 0 Å². The molecule has 1 N–H and O–H groups in total. The zero-order valence-electron chi connectivity index (χ0n) is 15.1. The summed E-state index contributed by atoms with van der Waals surface area (Å²) in [5.74, 6) is 1.03. The molecule has 5 nitrogen and oxygen atoms in total. The summed E-state index contributed by atoms with van der Waals surface area (Å²) in [6, 6.07) is 13.6. The van der Waals surface area contributed by atoms with Crippen molar-refractivity contribution in [2.75, 3.05) is 0 Å². The predicted molar refractivity (Wildman–Crippen MR) is 104 cm³/mol. The van der Waals surface area contributed by atoms with E-state index in [2.05, 4.69) is 9.88 Å². The minimum absolute atomic E-state index is 0.00375. The Hall–Kier alpha value is -2.95. The molecule has 1 fully saturated rings. The molecule has 0 spiro atoms. The zero-order chi connectivity index (χ0) is 18.4. The van der Waals surface area contributed by atoms with Crippen molar-refractivity contribution >= 4 is 22.7 Å². The van der Waals surface area contributed by atoms with Crippen LogP contribution >= 0.6 is 0 Å². The van der Waals surface area contributed by atoms with Crippen LogP contribution in [0.3, 0.4) is 0 Å².